The topological polar surface area (TPSA) is 54.5 Å². The summed E-state index contributed by atoms with van der Waals surface area (Å²) in [6, 6.07) is 4.62. The molecule has 0 spiro atoms. The molecule has 0 saturated heterocycles. The van der Waals surface area contributed by atoms with Crippen LogP contribution in [-0.2, 0) is 9.05 Å². The van der Waals surface area contributed by atoms with Gasteiger partial charge in [0.2, 0.25) is 0 Å². The minimum Gasteiger partial charge on any atom is -0.336 e. The average Bonchev–Trinajstić information content (AvgIpc) is 3.17. The molecule has 0 aromatic heterocycles. The highest BCUT2D eigenvalue weighted by Crippen LogP contribution is 2.31. The minimum atomic E-state index is -3.84. The van der Waals surface area contributed by atoms with E-state index in [4.69, 9.17) is 10.7 Å². The van der Waals surface area contributed by atoms with Crippen LogP contribution in [0.5, 0.6) is 0 Å². The van der Waals surface area contributed by atoms with Crippen molar-refractivity contribution >= 4 is 25.6 Å². The number of nitrogens with zero attached hydrogens (tertiary/aromatic N) is 1. The van der Waals surface area contributed by atoms with Crippen molar-refractivity contribution in [1.82, 2.24) is 4.90 Å². The van der Waals surface area contributed by atoms with E-state index in [1.54, 1.807) is 17.9 Å². The van der Waals surface area contributed by atoms with E-state index < -0.39 is 9.05 Å². The Morgan fingerprint density at radius 2 is 1.95 bits per heavy atom. The second-order valence-corrected chi connectivity index (χ2v) is 8.53. The smallest absolute Gasteiger partial charge is 0.261 e. The first-order chi connectivity index (χ1) is 9.68. The molecular weight excluding hydrogens is 310 g/mol. The molecule has 0 unspecified atom stereocenters. The van der Waals surface area contributed by atoms with Crippen molar-refractivity contribution in [2.24, 2.45) is 5.92 Å². The number of hydrogen-bond donors (Lipinski definition) is 0. The lowest BCUT2D eigenvalue weighted by molar-refractivity contribution is 0.0696. The number of rotatable bonds is 5. The van der Waals surface area contributed by atoms with Crippen molar-refractivity contribution < 1.29 is 13.2 Å². The third-order valence-electron chi connectivity index (χ3n) is 3.62. The molecule has 6 heteroatoms. The van der Waals surface area contributed by atoms with Crippen LogP contribution in [0.2, 0.25) is 0 Å². The molecule has 0 heterocycles. The number of carbonyl (C=O) groups is 1. The van der Waals surface area contributed by atoms with Gasteiger partial charge in [-0.1, -0.05) is 0 Å². The Balaban J connectivity index is 2.34. The van der Waals surface area contributed by atoms with Crippen LogP contribution >= 0.6 is 10.7 Å². The Morgan fingerprint density at radius 3 is 2.43 bits per heavy atom. The molecule has 1 amide bonds. The zero-order valence-electron chi connectivity index (χ0n) is 12.5. The van der Waals surface area contributed by atoms with Gasteiger partial charge in [-0.3, -0.25) is 4.79 Å². The summed E-state index contributed by atoms with van der Waals surface area (Å²) >= 11 is 0. The Morgan fingerprint density at radius 1 is 1.33 bits per heavy atom. The Labute approximate surface area is 130 Å². The maximum atomic E-state index is 12.7. The van der Waals surface area contributed by atoms with Gasteiger partial charge in [0, 0.05) is 28.8 Å². The molecule has 4 nitrogen and oxygen atoms in total. The van der Waals surface area contributed by atoms with Crippen LogP contribution in [0.15, 0.2) is 23.1 Å². The van der Waals surface area contributed by atoms with Crippen LogP contribution in [0.1, 0.15) is 42.6 Å². The quantitative estimate of drug-likeness (QED) is 0.780. The van der Waals surface area contributed by atoms with E-state index in [2.05, 4.69) is 0 Å². The fraction of sp³-hybridized carbons (Fsp3) is 0.533. The molecule has 0 bridgehead atoms. The number of hydrogen-bond acceptors (Lipinski definition) is 3. The number of aryl methyl sites for hydroxylation is 1. The van der Waals surface area contributed by atoms with Crippen molar-refractivity contribution in [3.63, 3.8) is 0 Å². The fourth-order valence-electron chi connectivity index (χ4n) is 2.28. The molecule has 0 radical (unpaired) electrons. The third-order valence-corrected chi connectivity index (χ3v) is 4.95. The average molecular weight is 330 g/mol. The first-order valence-electron chi connectivity index (χ1n) is 7.06. The molecule has 1 aromatic carbocycles. The van der Waals surface area contributed by atoms with Gasteiger partial charge in [-0.25, -0.2) is 8.42 Å². The molecule has 1 aliphatic rings. The van der Waals surface area contributed by atoms with Gasteiger partial charge in [-0.05, 0) is 63.3 Å². The monoisotopic (exact) mass is 329 g/mol. The van der Waals surface area contributed by atoms with Crippen LogP contribution in [0.4, 0.5) is 0 Å². The van der Waals surface area contributed by atoms with E-state index in [9.17, 15) is 13.2 Å². The van der Waals surface area contributed by atoms with Crippen LogP contribution in [0.3, 0.4) is 0 Å². The third kappa shape index (κ3) is 4.20. The number of halogens is 1. The summed E-state index contributed by atoms with van der Waals surface area (Å²) in [5.74, 6) is 0.444. The highest BCUT2D eigenvalue weighted by atomic mass is 35.7. The highest BCUT2D eigenvalue weighted by molar-refractivity contribution is 8.13. The van der Waals surface area contributed by atoms with Crippen LogP contribution in [0.25, 0.3) is 0 Å². The zero-order valence-corrected chi connectivity index (χ0v) is 14.0. The summed E-state index contributed by atoms with van der Waals surface area (Å²) < 4.78 is 23.0. The van der Waals surface area contributed by atoms with Crippen molar-refractivity contribution in [1.29, 1.82) is 0 Å². The normalized spacial score (nSPS) is 15.3. The predicted molar refractivity (Wildman–Crippen MR) is 83.1 cm³/mol. The lowest BCUT2D eigenvalue weighted by Gasteiger charge is -2.27. The molecule has 1 aliphatic carbocycles. The SMILES string of the molecule is Cc1cc(C(=O)N(CC2CC2)C(C)C)cc(S(=O)(=O)Cl)c1. The van der Waals surface area contributed by atoms with E-state index in [1.165, 1.54) is 12.1 Å². The van der Waals surface area contributed by atoms with Gasteiger partial charge in [-0.15, -0.1) is 0 Å². The summed E-state index contributed by atoms with van der Waals surface area (Å²) in [5.41, 5.74) is 1.08. The number of carbonyl (C=O) groups excluding carboxylic acids is 1. The van der Waals surface area contributed by atoms with Crippen molar-refractivity contribution in [3.05, 3.63) is 29.3 Å². The predicted octanol–water partition coefficient (Wildman–Crippen LogP) is 3.18. The maximum absolute atomic E-state index is 12.7. The lowest BCUT2D eigenvalue weighted by atomic mass is 10.1. The number of benzene rings is 1. The van der Waals surface area contributed by atoms with Crippen molar-refractivity contribution in [2.75, 3.05) is 6.54 Å². The van der Waals surface area contributed by atoms with Gasteiger partial charge in [0.25, 0.3) is 15.0 Å². The summed E-state index contributed by atoms with van der Waals surface area (Å²) in [6.45, 7) is 6.42. The van der Waals surface area contributed by atoms with Crippen molar-refractivity contribution in [2.45, 2.75) is 44.6 Å². The van der Waals surface area contributed by atoms with Crippen LogP contribution in [-0.4, -0.2) is 31.8 Å². The molecule has 21 heavy (non-hydrogen) atoms. The van der Waals surface area contributed by atoms with Gasteiger partial charge >= 0.3 is 0 Å². The van der Waals surface area contributed by atoms with Crippen molar-refractivity contribution in [3.8, 4) is 0 Å². The van der Waals surface area contributed by atoms with Crippen LogP contribution in [0, 0.1) is 12.8 Å². The van der Waals surface area contributed by atoms with Gasteiger partial charge in [0.15, 0.2) is 0 Å². The minimum absolute atomic E-state index is 0.0253. The fourth-order valence-corrected chi connectivity index (χ4v) is 3.15. The van der Waals surface area contributed by atoms with Crippen LogP contribution < -0.4 is 0 Å². The van der Waals surface area contributed by atoms with Gasteiger partial charge in [0.1, 0.15) is 0 Å². The Bertz CT molecular complexity index is 651. The van der Waals surface area contributed by atoms with Gasteiger partial charge in [-0.2, -0.15) is 0 Å². The molecule has 0 N–H and O–H groups in total. The molecule has 0 atom stereocenters. The first-order valence-corrected chi connectivity index (χ1v) is 9.36. The van der Waals surface area contributed by atoms with E-state index in [0.717, 1.165) is 19.4 Å². The second-order valence-electron chi connectivity index (χ2n) is 5.97. The van der Waals surface area contributed by atoms with Gasteiger partial charge < -0.3 is 4.90 Å². The standard InChI is InChI=1S/C15H20ClNO3S/c1-10(2)17(9-12-4-5-12)15(18)13-6-11(3)7-14(8-13)21(16,19)20/h6-8,10,12H,4-5,9H2,1-3H3. The van der Waals surface area contributed by atoms with Gasteiger partial charge in [0.05, 0.1) is 4.90 Å². The van der Waals surface area contributed by atoms with E-state index in [-0.39, 0.29) is 16.8 Å². The number of amides is 1. The highest BCUT2D eigenvalue weighted by Gasteiger charge is 2.29. The zero-order chi connectivity index (χ0) is 15.8. The Hall–Kier alpha value is -1.07. The molecule has 116 valence electrons. The molecule has 1 fully saturated rings. The first kappa shape index (κ1) is 16.3. The molecule has 1 aromatic rings. The summed E-state index contributed by atoms with van der Waals surface area (Å²) in [4.78, 5) is 14.4. The maximum Gasteiger partial charge on any atom is 0.261 e. The lowest BCUT2D eigenvalue weighted by Crippen LogP contribution is -2.38. The van der Waals surface area contributed by atoms with E-state index in [1.807, 2.05) is 13.8 Å². The summed E-state index contributed by atoms with van der Waals surface area (Å²) in [6.07, 6.45) is 2.32. The second kappa shape index (κ2) is 5.97. The molecule has 2 rings (SSSR count). The van der Waals surface area contributed by atoms with E-state index in [0.29, 0.717) is 17.0 Å². The molecule has 0 aliphatic heterocycles. The molecular formula is C15H20ClNO3S. The molecule has 1 saturated carbocycles. The largest absolute Gasteiger partial charge is 0.336 e. The Kier molecular flexibility index (Phi) is 4.63. The van der Waals surface area contributed by atoms with E-state index >= 15 is 0 Å². The summed E-state index contributed by atoms with van der Waals surface area (Å²) in [5, 5.41) is 0. The summed E-state index contributed by atoms with van der Waals surface area (Å²) in [7, 11) is 1.55.